The minimum atomic E-state index is -4.49. The summed E-state index contributed by atoms with van der Waals surface area (Å²) in [5, 5.41) is 1.28. The smallest absolute Gasteiger partial charge is 0.324 e. The maximum atomic E-state index is 11.4. The molecule has 16 nitrogen and oxygen atoms in total. The van der Waals surface area contributed by atoms with Gasteiger partial charge in [-0.15, -0.1) is 11.3 Å². The van der Waals surface area contributed by atoms with Crippen LogP contribution < -0.4 is 65.0 Å². The van der Waals surface area contributed by atoms with E-state index in [0.717, 1.165) is 113 Å². The normalized spacial score (nSPS) is 11.8. The molecule has 2 aliphatic carbocycles. The van der Waals surface area contributed by atoms with Gasteiger partial charge in [-0.1, -0.05) is 0 Å². The van der Waals surface area contributed by atoms with E-state index in [1.54, 1.807) is 24.3 Å². The number of allylic oxidation sites excluding steroid dienone is 4. The van der Waals surface area contributed by atoms with E-state index in [-0.39, 0.29) is 24.0 Å². The van der Waals surface area contributed by atoms with Crippen LogP contribution in [-0.2, 0) is 18.3 Å². The Bertz CT molecular complexity index is 3350. The molecule has 0 spiro atoms. The Balaban J connectivity index is 0.000000298. The number of anilines is 6. The Morgan fingerprint density at radius 2 is 1.02 bits per heavy atom. The average molecular weight is 1330 g/mol. The number of aromatic nitrogens is 1. The first kappa shape index (κ1) is 71.1. The zero-order valence-corrected chi connectivity index (χ0v) is 55.9. The van der Waals surface area contributed by atoms with Gasteiger partial charge in [0.2, 0.25) is 5.36 Å². The summed E-state index contributed by atoms with van der Waals surface area (Å²) in [5.41, 5.74) is 21.1. The first-order valence-corrected chi connectivity index (χ1v) is 34.2. The van der Waals surface area contributed by atoms with Crippen LogP contribution in [0.1, 0.15) is 83.1 Å². The first-order chi connectivity index (χ1) is 38.6. The molecule has 0 aromatic heterocycles. The number of halogens is 1. The predicted octanol–water partition coefficient (Wildman–Crippen LogP) is 8.97. The highest BCUT2D eigenvalue weighted by molar-refractivity contribution is 8.70. The molecule has 22 heteroatoms. The molecule has 1 aliphatic heterocycles. The minimum absolute atomic E-state index is 0. The lowest BCUT2D eigenvalue weighted by molar-refractivity contribution is -0.519. The van der Waals surface area contributed by atoms with Crippen LogP contribution in [0.25, 0.3) is 20.8 Å². The lowest BCUT2D eigenvalue weighted by atomic mass is 10.1. The monoisotopic (exact) mass is 1330 g/mol. The Kier molecular flexibility index (Phi) is 30.5. The third-order valence-corrected chi connectivity index (χ3v) is 18.3. The lowest BCUT2D eigenvalue weighted by Gasteiger charge is -2.22. The molecule has 0 unspecified atom stereocenters. The second-order valence-corrected chi connectivity index (χ2v) is 25.6. The number of hydrogen-bond acceptors (Lipinski definition) is 16. The molecule has 7 rings (SSSR count). The molecular formula is C60H85IN10O6S5. The molecule has 1 heterocycles. The zero-order chi connectivity index (χ0) is 59.9. The molecule has 448 valence electrons. The molecule has 0 fully saturated rings. The summed E-state index contributed by atoms with van der Waals surface area (Å²) in [6.45, 7) is 36.6. The van der Waals surface area contributed by atoms with Gasteiger partial charge in [-0.25, -0.2) is 27.5 Å². The van der Waals surface area contributed by atoms with Crippen molar-refractivity contribution in [2.75, 3.05) is 110 Å². The number of hydrogen-bond donors (Lipinski definition) is 3. The van der Waals surface area contributed by atoms with Crippen LogP contribution in [0.5, 0.6) is 0 Å². The van der Waals surface area contributed by atoms with Gasteiger partial charge in [-0.2, -0.15) is 8.42 Å². The van der Waals surface area contributed by atoms with Crippen LogP contribution in [0.3, 0.4) is 0 Å². The number of nitrogens with zero attached hydrogens (tertiary/aromatic N) is 8. The van der Waals surface area contributed by atoms with Gasteiger partial charge in [0.05, 0.1) is 37.1 Å². The minimum Gasteiger partial charge on any atom is -1.00 e. The van der Waals surface area contributed by atoms with Crippen molar-refractivity contribution in [2.24, 2.45) is 4.99 Å². The first-order valence-electron chi connectivity index (χ1n) is 27.9. The van der Waals surface area contributed by atoms with Crippen LogP contribution in [0.4, 0.5) is 39.8 Å². The Morgan fingerprint density at radius 3 is 1.51 bits per heavy atom. The van der Waals surface area contributed by atoms with Crippen molar-refractivity contribution in [1.82, 2.24) is 9.56 Å². The van der Waals surface area contributed by atoms with E-state index in [0.29, 0.717) is 48.5 Å². The second-order valence-electron chi connectivity index (χ2n) is 18.1. The molecule has 4 aromatic rings. The standard InChI is InChI=1S/C20H27N3O3S2.C20H26N3S.C10H16N2O3S2.C10H16N2.HI/c1-5-22(6-2)17-11-9-16(10-12-17)21-19-14-13-18(23(7-3)8-4)15-20(19)27-28(24,25)26;1-5-22(6-2)15-9-11-17-19(13-15)24-20-14-16(23(7-3)8-4)10-12-18(20)21-17;1-3-12(4-2)8-5-6-9(11)10(7-8)16-17(13,14)15;1-3-12(4-2)10-7-5-9(11)6-8-10;/h9-15H,5-8H2,1-4H3;9-14H,5-8H2,1-4H3;5-7H,3-4,11H2,1-2H3,(H,13,14,15);5-8H,3-4,11H2,1-2H3;1H/q;+1;;;/p-1. The van der Waals surface area contributed by atoms with Gasteiger partial charge in [0.25, 0.3) is 0 Å². The van der Waals surface area contributed by atoms with Crippen LogP contribution >= 0.6 is 32.9 Å². The van der Waals surface area contributed by atoms with Crippen molar-refractivity contribution in [3.05, 3.63) is 127 Å². The number of nitrogen functional groups attached to an aromatic ring is 2. The fraction of sp³-hybridized carbons (Fsp3) is 0.400. The second kappa shape index (κ2) is 35.2. The zero-order valence-electron chi connectivity index (χ0n) is 49.7. The highest BCUT2D eigenvalue weighted by atomic mass is 127. The Labute approximate surface area is 517 Å². The Morgan fingerprint density at radius 1 is 0.561 bits per heavy atom. The number of fused-ring (bicyclic) bond motifs is 2. The average Bonchev–Trinajstić information content (AvgIpc) is 3.64. The number of rotatable bonds is 21. The molecule has 0 radical (unpaired) electrons. The number of benzene rings is 5. The summed E-state index contributed by atoms with van der Waals surface area (Å²) in [7, 11) is -7.97. The molecule has 0 saturated carbocycles. The van der Waals surface area contributed by atoms with Gasteiger partial charge < -0.3 is 59.6 Å². The van der Waals surface area contributed by atoms with Gasteiger partial charge in [0, 0.05) is 126 Å². The van der Waals surface area contributed by atoms with E-state index in [2.05, 4.69) is 138 Å². The highest BCUT2D eigenvalue weighted by Gasteiger charge is 2.16. The number of aliphatic imine (C=N–C) groups is 1. The van der Waals surface area contributed by atoms with Gasteiger partial charge >= 0.3 is 9.15 Å². The molecule has 0 saturated heterocycles. The molecular weight excluding hydrogens is 1240 g/mol. The van der Waals surface area contributed by atoms with Crippen LogP contribution in [-0.4, -0.2) is 125 Å². The van der Waals surface area contributed by atoms with Gasteiger partial charge in [-0.05, 0) is 191 Å². The van der Waals surface area contributed by atoms with Crippen molar-refractivity contribution in [3.63, 3.8) is 0 Å². The molecule has 5 N–H and O–H groups in total. The summed E-state index contributed by atoms with van der Waals surface area (Å²) >= 11 is 1.84. The van der Waals surface area contributed by atoms with Crippen molar-refractivity contribution >= 4 is 113 Å². The largest absolute Gasteiger partial charge is 1.00 e. The van der Waals surface area contributed by atoms with Crippen LogP contribution in [0.2, 0.25) is 0 Å². The van der Waals surface area contributed by atoms with Gasteiger partial charge in [0.1, 0.15) is 26.2 Å². The van der Waals surface area contributed by atoms with Crippen molar-refractivity contribution in [2.45, 2.75) is 92.9 Å². The lowest BCUT2D eigenvalue weighted by Crippen LogP contribution is -3.00. The van der Waals surface area contributed by atoms with Crippen molar-refractivity contribution in [3.8, 4) is 10.6 Å². The van der Waals surface area contributed by atoms with E-state index in [1.165, 1.54) is 26.3 Å². The van der Waals surface area contributed by atoms with E-state index in [9.17, 15) is 21.4 Å². The van der Waals surface area contributed by atoms with Gasteiger partial charge in [0.15, 0.2) is 14.9 Å². The topological polar surface area (TPSA) is 208 Å². The fourth-order valence-corrected chi connectivity index (χ4v) is 13.3. The summed E-state index contributed by atoms with van der Waals surface area (Å²) in [6, 6.07) is 31.7. The van der Waals surface area contributed by atoms with Crippen molar-refractivity contribution in [1.29, 1.82) is 0 Å². The number of nitrogens with two attached hydrogens (primary N) is 2. The summed E-state index contributed by atoms with van der Waals surface area (Å²) < 4.78 is 70.4. The molecule has 0 bridgehead atoms. The molecule has 4 aromatic carbocycles. The van der Waals surface area contributed by atoms with Crippen molar-refractivity contribution < 1.29 is 54.5 Å². The quantitative estimate of drug-likeness (QED) is 0.0117. The van der Waals surface area contributed by atoms with E-state index < -0.39 is 18.3 Å². The summed E-state index contributed by atoms with van der Waals surface area (Å²) in [6.07, 6.45) is 7.78. The maximum Gasteiger partial charge on any atom is 0.324 e. The third kappa shape index (κ3) is 21.8. The summed E-state index contributed by atoms with van der Waals surface area (Å²) in [4.78, 5) is 20.2. The predicted molar refractivity (Wildman–Crippen MR) is 350 cm³/mol. The SMILES string of the molecule is CCN(CC)c1ccc(N)c(SS(=O)(=O)O)c1.CCN(CC)c1ccc(N)cc1.CCN(CC)c1ccc(N=C2C=CC(=[N+](CC)CC)C=C2)c(SS(=O)(=O)[O-])c1.CCN(CC)c1ccc2nc3ccc(=[N+](CC)CC)cc-3sc2c1.[I-]. The van der Waals surface area contributed by atoms with E-state index in [1.807, 2.05) is 87.6 Å². The van der Waals surface area contributed by atoms with Crippen LogP contribution in [0.15, 0.2) is 136 Å². The molecule has 3 aliphatic rings. The summed E-state index contributed by atoms with van der Waals surface area (Å²) in [5.74, 6) is 0. The van der Waals surface area contributed by atoms with Crippen LogP contribution in [0, 0.1) is 0 Å². The molecule has 82 heavy (non-hydrogen) atoms. The fourth-order valence-electron chi connectivity index (χ4n) is 8.96. The highest BCUT2D eigenvalue weighted by Crippen LogP contribution is 2.37. The van der Waals surface area contributed by atoms with Gasteiger partial charge in [-0.3, -0.25) is 4.55 Å². The third-order valence-electron chi connectivity index (χ3n) is 13.4. The Hall–Kier alpha value is -5.21. The molecule has 0 atom stereocenters. The molecule has 0 amide bonds. The maximum absolute atomic E-state index is 11.4. The van der Waals surface area contributed by atoms with E-state index in [4.69, 9.17) is 21.0 Å². The van der Waals surface area contributed by atoms with E-state index >= 15 is 0 Å².